The van der Waals surface area contributed by atoms with Gasteiger partial charge in [0.25, 0.3) is 0 Å². The first-order valence-electron chi connectivity index (χ1n) is 5.33. The zero-order chi connectivity index (χ0) is 11.1. The van der Waals surface area contributed by atoms with Gasteiger partial charge in [0.15, 0.2) is 0 Å². The highest BCUT2D eigenvalue weighted by molar-refractivity contribution is 5.29. The van der Waals surface area contributed by atoms with Crippen molar-refractivity contribution in [3.8, 4) is 0 Å². The van der Waals surface area contributed by atoms with Gasteiger partial charge in [-0.1, -0.05) is 19.0 Å². The predicted octanol–water partition coefficient (Wildman–Crippen LogP) is 1.40. The largest absolute Gasteiger partial charge is 0.388 e. The van der Waals surface area contributed by atoms with Crippen LogP contribution in [0.3, 0.4) is 0 Å². The lowest BCUT2D eigenvalue weighted by Gasteiger charge is -2.31. The number of nitrogens with zero attached hydrogens (tertiary/aromatic N) is 1. The molecule has 0 radical (unpaired) electrons. The maximum Gasteiger partial charge on any atom is 0.143 e. The van der Waals surface area contributed by atoms with Crippen LogP contribution < -0.4 is 5.32 Å². The second-order valence-electron chi connectivity index (χ2n) is 5.06. The standard InChI is InChI=1S/C11H18N2O2/c1-11(2)4-8(14)10-7(6-12-3)13-15-9(10)5-11/h8,12,14H,4-6H2,1-3H3. The van der Waals surface area contributed by atoms with E-state index in [0.717, 1.165) is 29.9 Å². The van der Waals surface area contributed by atoms with Gasteiger partial charge in [-0.2, -0.15) is 0 Å². The molecule has 1 unspecified atom stereocenters. The zero-order valence-electron chi connectivity index (χ0n) is 9.50. The van der Waals surface area contributed by atoms with Crippen molar-refractivity contribution in [2.24, 2.45) is 5.41 Å². The van der Waals surface area contributed by atoms with Crippen LogP contribution in [0.1, 0.15) is 43.4 Å². The summed E-state index contributed by atoms with van der Waals surface area (Å²) in [7, 11) is 1.86. The molecule has 15 heavy (non-hydrogen) atoms. The number of rotatable bonds is 2. The molecule has 4 heteroatoms. The molecule has 1 aromatic rings. The molecule has 0 amide bonds. The van der Waals surface area contributed by atoms with Crippen LogP contribution in [0.2, 0.25) is 0 Å². The van der Waals surface area contributed by atoms with Gasteiger partial charge in [0.2, 0.25) is 0 Å². The summed E-state index contributed by atoms with van der Waals surface area (Å²) in [5, 5.41) is 17.1. The van der Waals surface area contributed by atoms with Gasteiger partial charge in [0.1, 0.15) is 11.5 Å². The lowest BCUT2D eigenvalue weighted by atomic mass is 9.75. The second kappa shape index (κ2) is 3.61. The van der Waals surface area contributed by atoms with Crippen LogP contribution in [-0.2, 0) is 13.0 Å². The SMILES string of the molecule is CNCc1noc2c1C(O)CC(C)(C)C2. The highest BCUT2D eigenvalue weighted by Gasteiger charge is 2.36. The normalized spacial score (nSPS) is 23.9. The lowest BCUT2D eigenvalue weighted by Crippen LogP contribution is -2.25. The summed E-state index contributed by atoms with van der Waals surface area (Å²) in [6.07, 6.45) is 1.20. The van der Waals surface area contributed by atoms with Crippen LogP contribution in [0.15, 0.2) is 4.52 Å². The molecule has 1 heterocycles. The molecule has 0 aliphatic heterocycles. The molecule has 0 fully saturated rings. The molecule has 0 saturated heterocycles. The minimum Gasteiger partial charge on any atom is -0.388 e. The molecular weight excluding hydrogens is 192 g/mol. The summed E-state index contributed by atoms with van der Waals surface area (Å²) < 4.78 is 5.30. The third kappa shape index (κ3) is 1.92. The molecule has 1 aliphatic rings. The molecule has 2 N–H and O–H groups in total. The first-order valence-corrected chi connectivity index (χ1v) is 5.33. The minimum absolute atomic E-state index is 0.100. The monoisotopic (exact) mass is 210 g/mol. The van der Waals surface area contributed by atoms with Crippen molar-refractivity contribution in [3.05, 3.63) is 17.0 Å². The fourth-order valence-corrected chi connectivity index (χ4v) is 2.30. The van der Waals surface area contributed by atoms with Crippen molar-refractivity contribution in [1.82, 2.24) is 10.5 Å². The third-order valence-electron chi connectivity index (χ3n) is 2.94. The Balaban J connectivity index is 2.34. The van der Waals surface area contributed by atoms with Crippen LogP contribution in [0.4, 0.5) is 0 Å². The average Bonchev–Trinajstić information content (AvgIpc) is 2.46. The number of hydrogen-bond donors (Lipinski definition) is 2. The van der Waals surface area contributed by atoms with E-state index in [1.165, 1.54) is 0 Å². The molecule has 0 saturated carbocycles. The molecule has 0 spiro atoms. The Kier molecular flexibility index (Phi) is 2.56. The Morgan fingerprint density at radius 3 is 3.00 bits per heavy atom. The van der Waals surface area contributed by atoms with Gasteiger partial charge in [-0.25, -0.2) is 0 Å². The average molecular weight is 210 g/mol. The van der Waals surface area contributed by atoms with Gasteiger partial charge in [-0.3, -0.25) is 0 Å². The van der Waals surface area contributed by atoms with Gasteiger partial charge >= 0.3 is 0 Å². The van der Waals surface area contributed by atoms with Crippen molar-refractivity contribution in [3.63, 3.8) is 0 Å². The number of aliphatic hydroxyl groups is 1. The van der Waals surface area contributed by atoms with Gasteiger partial charge in [-0.05, 0) is 18.9 Å². The van der Waals surface area contributed by atoms with E-state index in [0.29, 0.717) is 6.54 Å². The van der Waals surface area contributed by atoms with Gasteiger partial charge < -0.3 is 14.9 Å². The molecule has 0 bridgehead atoms. The molecule has 2 rings (SSSR count). The zero-order valence-corrected chi connectivity index (χ0v) is 9.50. The van der Waals surface area contributed by atoms with Crippen molar-refractivity contribution in [1.29, 1.82) is 0 Å². The summed E-state index contributed by atoms with van der Waals surface area (Å²) in [6.45, 7) is 4.93. The fraction of sp³-hybridized carbons (Fsp3) is 0.727. The molecule has 4 nitrogen and oxygen atoms in total. The van der Waals surface area contributed by atoms with Crippen LogP contribution in [0, 0.1) is 5.41 Å². The van der Waals surface area contributed by atoms with Crippen molar-refractivity contribution >= 4 is 0 Å². The Hall–Kier alpha value is -0.870. The Morgan fingerprint density at radius 1 is 1.60 bits per heavy atom. The number of fused-ring (bicyclic) bond motifs is 1. The fourth-order valence-electron chi connectivity index (χ4n) is 2.30. The maximum atomic E-state index is 10.1. The molecular formula is C11H18N2O2. The summed E-state index contributed by atoms with van der Waals surface area (Å²) in [5.41, 5.74) is 1.85. The van der Waals surface area contributed by atoms with Crippen molar-refractivity contribution < 1.29 is 9.63 Å². The predicted molar refractivity (Wildman–Crippen MR) is 56.3 cm³/mol. The number of nitrogens with one attached hydrogen (secondary N) is 1. The number of aliphatic hydroxyl groups excluding tert-OH is 1. The molecule has 1 atom stereocenters. The molecule has 1 aliphatic carbocycles. The first-order chi connectivity index (χ1) is 7.03. The Morgan fingerprint density at radius 2 is 2.33 bits per heavy atom. The van der Waals surface area contributed by atoms with E-state index >= 15 is 0 Å². The smallest absolute Gasteiger partial charge is 0.143 e. The highest BCUT2D eigenvalue weighted by Crippen LogP contribution is 2.41. The quantitative estimate of drug-likeness (QED) is 0.774. The van der Waals surface area contributed by atoms with Gasteiger partial charge in [-0.15, -0.1) is 0 Å². The van der Waals surface area contributed by atoms with Crippen molar-refractivity contribution in [2.45, 2.75) is 39.3 Å². The van der Waals surface area contributed by atoms with Crippen molar-refractivity contribution in [2.75, 3.05) is 7.05 Å². The van der Waals surface area contributed by atoms with E-state index in [1.54, 1.807) is 0 Å². The van der Waals surface area contributed by atoms with Crippen LogP contribution in [-0.4, -0.2) is 17.3 Å². The van der Waals surface area contributed by atoms with Crippen LogP contribution >= 0.6 is 0 Å². The lowest BCUT2D eigenvalue weighted by molar-refractivity contribution is 0.0916. The maximum absolute atomic E-state index is 10.1. The molecule has 1 aromatic heterocycles. The number of hydrogen-bond acceptors (Lipinski definition) is 4. The highest BCUT2D eigenvalue weighted by atomic mass is 16.5. The van der Waals surface area contributed by atoms with E-state index in [-0.39, 0.29) is 5.41 Å². The summed E-state index contributed by atoms with van der Waals surface area (Å²) >= 11 is 0. The van der Waals surface area contributed by atoms with E-state index in [4.69, 9.17) is 4.52 Å². The third-order valence-corrected chi connectivity index (χ3v) is 2.94. The van der Waals surface area contributed by atoms with E-state index in [2.05, 4.69) is 24.3 Å². The van der Waals surface area contributed by atoms with Gasteiger partial charge in [0, 0.05) is 18.5 Å². The summed E-state index contributed by atoms with van der Waals surface area (Å²) in [4.78, 5) is 0. The molecule has 84 valence electrons. The molecule has 0 aromatic carbocycles. The minimum atomic E-state index is -0.432. The van der Waals surface area contributed by atoms with E-state index < -0.39 is 6.10 Å². The Labute approximate surface area is 89.7 Å². The van der Waals surface area contributed by atoms with Crippen LogP contribution in [0.5, 0.6) is 0 Å². The summed E-state index contributed by atoms with van der Waals surface area (Å²) in [5.74, 6) is 0.851. The topological polar surface area (TPSA) is 58.3 Å². The first kappa shape index (κ1) is 10.6. The van der Waals surface area contributed by atoms with E-state index in [9.17, 15) is 5.11 Å². The number of aromatic nitrogens is 1. The van der Waals surface area contributed by atoms with E-state index in [1.807, 2.05) is 7.05 Å². The van der Waals surface area contributed by atoms with Crippen LogP contribution in [0.25, 0.3) is 0 Å². The van der Waals surface area contributed by atoms with Gasteiger partial charge in [0.05, 0.1) is 6.10 Å². The summed E-state index contributed by atoms with van der Waals surface area (Å²) in [6, 6.07) is 0. The Bertz CT molecular complexity index is 357. The second-order valence-corrected chi connectivity index (χ2v) is 5.06.